The van der Waals surface area contributed by atoms with Gasteiger partial charge >= 0.3 is 5.97 Å². The molecule has 0 aliphatic carbocycles. The third-order valence-corrected chi connectivity index (χ3v) is 4.21. The first-order valence-electron chi connectivity index (χ1n) is 9.24. The van der Waals surface area contributed by atoms with Crippen LogP contribution < -0.4 is 0 Å². The number of ether oxygens (including phenoxy) is 1. The third-order valence-electron chi connectivity index (χ3n) is 4.21. The van der Waals surface area contributed by atoms with Crippen molar-refractivity contribution in [3.05, 3.63) is 36.5 Å². The van der Waals surface area contributed by atoms with Gasteiger partial charge in [-0.3, -0.25) is 0 Å². The fourth-order valence-corrected chi connectivity index (χ4v) is 2.81. The second-order valence-corrected chi connectivity index (χ2v) is 6.34. The van der Waals surface area contributed by atoms with Crippen molar-refractivity contribution in [2.75, 3.05) is 6.61 Å². The lowest BCUT2D eigenvalue weighted by Crippen LogP contribution is -2.27. The van der Waals surface area contributed by atoms with Gasteiger partial charge in [0.25, 0.3) is 0 Å². The zero-order valence-electron chi connectivity index (χ0n) is 14.6. The van der Waals surface area contributed by atoms with Crippen molar-refractivity contribution < 1.29 is 19.7 Å². The molecular formula is C20H32O4. The lowest BCUT2D eigenvalue weighted by Gasteiger charge is -2.21. The normalized spacial score (nSPS) is 26.0. The molecule has 1 rings (SSSR count). The smallest absolute Gasteiger partial charge is 0.328 e. The van der Waals surface area contributed by atoms with E-state index in [-0.39, 0.29) is 6.10 Å². The summed E-state index contributed by atoms with van der Waals surface area (Å²) in [5.74, 6) is -0.964. The molecule has 0 amide bonds. The van der Waals surface area contributed by atoms with E-state index in [1.165, 1.54) is 51.0 Å². The second-order valence-electron chi connectivity index (χ2n) is 6.34. The Hall–Kier alpha value is -1.39. The van der Waals surface area contributed by atoms with Gasteiger partial charge in [0.2, 0.25) is 0 Å². The summed E-state index contributed by atoms with van der Waals surface area (Å²) in [6.07, 6.45) is 20.5. The van der Waals surface area contributed by atoms with Crippen molar-refractivity contribution in [2.45, 2.75) is 76.4 Å². The molecule has 24 heavy (non-hydrogen) atoms. The zero-order valence-corrected chi connectivity index (χ0v) is 14.6. The summed E-state index contributed by atoms with van der Waals surface area (Å²) in [7, 11) is 0. The topological polar surface area (TPSA) is 66.8 Å². The van der Waals surface area contributed by atoms with E-state index in [0.717, 1.165) is 25.3 Å². The molecule has 4 nitrogen and oxygen atoms in total. The number of carboxylic acids is 1. The summed E-state index contributed by atoms with van der Waals surface area (Å²) in [6.45, 7) is 0.675. The molecular weight excluding hydrogens is 304 g/mol. The molecule has 136 valence electrons. The minimum absolute atomic E-state index is 0.291. The van der Waals surface area contributed by atoms with Crippen LogP contribution in [0.1, 0.15) is 64.2 Å². The highest BCUT2D eigenvalue weighted by Crippen LogP contribution is 2.16. The van der Waals surface area contributed by atoms with Gasteiger partial charge in [-0.2, -0.15) is 0 Å². The summed E-state index contributed by atoms with van der Waals surface area (Å²) in [5, 5.41) is 18.9. The average Bonchev–Trinajstić information content (AvgIpc) is 2.55. The first-order valence-corrected chi connectivity index (χ1v) is 9.24. The van der Waals surface area contributed by atoms with Crippen LogP contribution in [0.25, 0.3) is 0 Å². The fraction of sp³-hybridized carbons (Fsp3) is 0.650. The number of aliphatic carboxylic acids is 1. The van der Waals surface area contributed by atoms with Gasteiger partial charge < -0.3 is 14.9 Å². The summed E-state index contributed by atoms with van der Waals surface area (Å²) in [6, 6.07) is 0. The number of carbonyl (C=O) groups is 1. The summed E-state index contributed by atoms with van der Waals surface area (Å²) >= 11 is 0. The van der Waals surface area contributed by atoms with Crippen molar-refractivity contribution in [2.24, 2.45) is 0 Å². The van der Waals surface area contributed by atoms with E-state index in [1.807, 2.05) is 12.2 Å². The van der Waals surface area contributed by atoms with E-state index in [1.54, 1.807) is 12.2 Å². The first kappa shape index (κ1) is 20.7. The van der Waals surface area contributed by atoms with E-state index >= 15 is 0 Å². The maximum atomic E-state index is 10.4. The van der Waals surface area contributed by atoms with Crippen molar-refractivity contribution in [1.82, 2.24) is 0 Å². The Morgan fingerprint density at radius 3 is 2.08 bits per heavy atom. The molecule has 0 bridgehead atoms. The number of rotatable bonds is 4. The molecule has 0 saturated carbocycles. The zero-order chi connectivity index (χ0) is 17.5. The molecule has 1 fully saturated rings. The summed E-state index contributed by atoms with van der Waals surface area (Å²) in [4.78, 5) is 10.4. The maximum absolute atomic E-state index is 10.4. The second kappa shape index (κ2) is 14.0. The molecule has 0 spiro atoms. The molecule has 2 unspecified atom stereocenters. The highest BCUT2D eigenvalue weighted by atomic mass is 16.5. The van der Waals surface area contributed by atoms with Gasteiger partial charge in [-0.1, -0.05) is 81.7 Å². The number of hydrogen-bond acceptors (Lipinski definition) is 3. The molecule has 0 aromatic carbocycles. The standard InChI is InChI=1S/C20H32O4/c21-18-14-10-6-4-2-1-3-5-9-13-17-24-19(18)15-11-7-8-12-16-20(22)23/h7-8,11-12,15-16,18-19,21H,1-6,9-10,13-14,17H2,(H,22,23). The Morgan fingerprint density at radius 2 is 1.42 bits per heavy atom. The van der Waals surface area contributed by atoms with Gasteiger partial charge in [0.05, 0.1) is 6.10 Å². The Bertz CT molecular complexity index is 412. The Labute approximate surface area is 145 Å². The van der Waals surface area contributed by atoms with Crippen LogP contribution in [0.15, 0.2) is 36.5 Å². The first-order chi connectivity index (χ1) is 11.7. The van der Waals surface area contributed by atoms with E-state index in [4.69, 9.17) is 9.84 Å². The highest BCUT2D eigenvalue weighted by molar-refractivity contribution is 5.80. The van der Waals surface area contributed by atoms with Gasteiger partial charge in [-0.25, -0.2) is 4.79 Å². The lowest BCUT2D eigenvalue weighted by atomic mass is 10.0. The van der Waals surface area contributed by atoms with E-state index in [0.29, 0.717) is 6.61 Å². The molecule has 0 aromatic rings. The van der Waals surface area contributed by atoms with Crippen LogP contribution >= 0.6 is 0 Å². The molecule has 1 heterocycles. The minimum Gasteiger partial charge on any atom is -0.478 e. The highest BCUT2D eigenvalue weighted by Gasteiger charge is 2.16. The molecule has 0 aromatic heterocycles. The van der Waals surface area contributed by atoms with E-state index in [9.17, 15) is 9.90 Å². The van der Waals surface area contributed by atoms with E-state index < -0.39 is 12.1 Å². The van der Waals surface area contributed by atoms with Gasteiger partial charge in [0.15, 0.2) is 0 Å². The Morgan fingerprint density at radius 1 is 0.833 bits per heavy atom. The predicted octanol–water partition coefficient (Wildman–Crippen LogP) is 4.40. The largest absolute Gasteiger partial charge is 0.478 e. The van der Waals surface area contributed by atoms with Crippen molar-refractivity contribution >= 4 is 5.97 Å². The van der Waals surface area contributed by atoms with Crippen LogP contribution in [-0.2, 0) is 9.53 Å². The van der Waals surface area contributed by atoms with Gasteiger partial charge in [-0.15, -0.1) is 0 Å². The van der Waals surface area contributed by atoms with Crippen LogP contribution in [0, 0.1) is 0 Å². The van der Waals surface area contributed by atoms with E-state index in [2.05, 4.69) is 0 Å². The Kier molecular flexibility index (Phi) is 12.0. The molecule has 2 N–H and O–H groups in total. The average molecular weight is 336 g/mol. The Balaban J connectivity index is 2.49. The predicted molar refractivity (Wildman–Crippen MR) is 97.0 cm³/mol. The third kappa shape index (κ3) is 11.2. The van der Waals surface area contributed by atoms with Crippen LogP contribution in [-0.4, -0.2) is 35.0 Å². The lowest BCUT2D eigenvalue weighted by molar-refractivity contribution is -0.131. The molecule has 1 saturated heterocycles. The summed E-state index contributed by atoms with van der Waals surface area (Å²) in [5.41, 5.74) is 0. The number of hydrogen-bond donors (Lipinski definition) is 2. The molecule has 4 heteroatoms. The van der Waals surface area contributed by atoms with Crippen molar-refractivity contribution in [3.63, 3.8) is 0 Å². The van der Waals surface area contributed by atoms with Gasteiger partial charge in [0, 0.05) is 12.7 Å². The molecule has 1 aliphatic heterocycles. The van der Waals surface area contributed by atoms with Gasteiger partial charge in [-0.05, 0) is 12.8 Å². The molecule has 1 aliphatic rings. The summed E-state index contributed by atoms with van der Waals surface area (Å²) < 4.78 is 5.86. The monoisotopic (exact) mass is 336 g/mol. The van der Waals surface area contributed by atoms with Gasteiger partial charge in [0.1, 0.15) is 6.10 Å². The fourth-order valence-electron chi connectivity index (χ4n) is 2.81. The number of aliphatic hydroxyl groups is 1. The van der Waals surface area contributed by atoms with Crippen LogP contribution in [0.3, 0.4) is 0 Å². The number of allylic oxidation sites excluding steroid dienone is 4. The van der Waals surface area contributed by atoms with Crippen LogP contribution in [0.2, 0.25) is 0 Å². The SMILES string of the molecule is O=C(O)C=CC=CC=CC1OCCCCCCCCCCCC1O. The van der Waals surface area contributed by atoms with Crippen molar-refractivity contribution in [3.8, 4) is 0 Å². The molecule has 2 atom stereocenters. The molecule has 0 radical (unpaired) electrons. The minimum atomic E-state index is -0.964. The quantitative estimate of drug-likeness (QED) is 0.590. The number of aliphatic hydroxyl groups excluding tert-OH is 1. The van der Waals surface area contributed by atoms with Crippen LogP contribution in [0.5, 0.6) is 0 Å². The maximum Gasteiger partial charge on any atom is 0.328 e. The number of carboxylic acid groups (broad SMARTS) is 1. The van der Waals surface area contributed by atoms with Crippen LogP contribution in [0.4, 0.5) is 0 Å². The van der Waals surface area contributed by atoms with Crippen molar-refractivity contribution in [1.29, 1.82) is 0 Å².